The van der Waals surface area contributed by atoms with Gasteiger partial charge in [-0.1, -0.05) is 17.7 Å². The summed E-state index contributed by atoms with van der Waals surface area (Å²) in [6.07, 6.45) is -4.54. The van der Waals surface area contributed by atoms with Gasteiger partial charge in [-0.2, -0.15) is 13.2 Å². The van der Waals surface area contributed by atoms with Crippen LogP contribution < -0.4 is 10.5 Å². The molecule has 21 heavy (non-hydrogen) atoms. The second-order valence-electron chi connectivity index (χ2n) is 4.20. The largest absolute Gasteiger partial charge is 0.456 e. The maximum absolute atomic E-state index is 12.9. The molecule has 0 spiro atoms. The van der Waals surface area contributed by atoms with Crippen LogP contribution in [0.5, 0.6) is 11.5 Å². The van der Waals surface area contributed by atoms with Gasteiger partial charge in [0.15, 0.2) is 0 Å². The van der Waals surface area contributed by atoms with Crippen LogP contribution in [0.1, 0.15) is 11.1 Å². The smallest absolute Gasteiger partial charge is 0.416 e. The zero-order chi connectivity index (χ0) is 15.6. The molecule has 0 heterocycles. The minimum Gasteiger partial charge on any atom is -0.456 e. The molecule has 7 heteroatoms. The number of ether oxygens (including phenoxy) is 1. The molecule has 2 N–H and O–H groups in total. The number of hydrogen-bond acceptors (Lipinski definition) is 2. The van der Waals surface area contributed by atoms with Crippen LogP contribution in [0.4, 0.5) is 17.6 Å². The molecule has 0 atom stereocenters. The van der Waals surface area contributed by atoms with Gasteiger partial charge >= 0.3 is 6.18 Å². The molecular formula is C14H10ClF4NO. The number of nitrogens with two attached hydrogens (primary N) is 1. The third-order valence-electron chi connectivity index (χ3n) is 2.73. The number of alkyl halides is 3. The van der Waals surface area contributed by atoms with Crippen LogP contribution in [-0.4, -0.2) is 0 Å². The zero-order valence-corrected chi connectivity index (χ0v) is 11.3. The molecule has 0 saturated carbocycles. The lowest BCUT2D eigenvalue weighted by Gasteiger charge is -2.14. The number of hydrogen-bond donors (Lipinski definition) is 1. The molecule has 0 unspecified atom stereocenters. The van der Waals surface area contributed by atoms with E-state index in [1.54, 1.807) is 0 Å². The predicted octanol–water partition coefficient (Wildman–Crippen LogP) is 4.75. The summed E-state index contributed by atoms with van der Waals surface area (Å²) < 4.78 is 56.9. The van der Waals surface area contributed by atoms with Gasteiger partial charge in [0.1, 0.15) is 17.3 Å². The van der Waals surface area contributed by atoms with Gasteiger partial charge in [-0.3, -0.25) is 0 Å². The number of halogens is 5. The summed E-state index contributed by atoms with van der Waals surface area (Å²) in [4.78, 5) is 0. The van der Waals surface area contributed by atoms with E-state index in [0.29, 0.717) is 0 Å². The Bertz CT molecular complexity index is 658. The van der Waals surface area contributed by atoms with Crippen LogP contribution in [0.25, 0.3) is 0 Å². The normalized spacial score (nSPS) is 11.5. The van der Waals surface area contributed by atoms with Crippen molar-refractivity contribution in [2.45, 2.75) is 12.7 Å². The summed E-state index contributed by atoms with van der Waals surface area (Å²) in [5.74, 6) is -0.568. The van der Waals surface area contributed by atoms with E-state index in [9.17, 15) is 17.6 Å². The van der Waals surface area contributed by atoms with Crippen molar-refractivity contribution in [3.05, 3.63) is 58.4 Å². The Morgan fingerprint density at radius 3 is 2.38 bits per heavy atom. The molecule has 112 valence electrons. The van der Waals surface area contributed by atoms with Gasteiger partial charge in [0, 0.05) is 6.54 Å². The van der Waals surface area contributed by atoms with E-state index in [2.05, 4.69) is 0 Å². The molecule has 0 aliphatic carbocycles. The highest BCUT2D eigenvalue weighted by molar-refractivity contribution is 6.32. The van der Waals surface area contributed by atoms with E-state index in [-0.39, 0.29) is 28.6 Å². The second-order valence-corrected chi connectivity index (χ2v) is 4.60. The quantitative estimate of drug-likeness (QED) is 0.829. The van der Waals surface area contributed by atoms with Crippen molar-refractivity contribution in [1.29, 1.82) is 0 Å². The average Bonchev–Trinajstić information content (AvgIpc) is 2.41. The molecule has 0 saturated heterocycles. The topological polar surface area (TPSA) is 35.2 Å². The molecule has 2 aromatic rings. The lowest BCUT2D eigenvalue weighted by molar-refractivity contribution is -0.138. The van der Waals surface area contributed by atoms with Crippen molar-refractivity contribution >= 4 is 11.6 Å². The Hall–Kier alpha value is -1.79. The van der Waals surface area contributed by atoms with E-state index >= 15 is 0 Å². The molecule has 0 radical (unpaired) electrons. The van der Waals surface area contributed by atoms with E-state index < -0.39 is 17.6 Å². The van der Waals surface area contributed by atoms with Crippen LogP contribution in [-0.2, 0) is 12.7 Å². The Morgan fingerprint density at radius 2 is 1.81 bits per heavy atom. The van der Waals surface area contributed by atoms with Crippen molar-refractivity contribution < 1.29 is 22.3 Å². The molecule has 2 rings (SSSR count). The average molecular weight is 320 g/mol. The minimum absolute atomic E-state index is 0.0357. The van der Waals surface area contributed by atoms with E-state index in [1.807, 2.05) is 0 Å². The molecule has 0 fully saturated rings. The van der Waals surface area contributed by atoms with Crippen LogP contribution in [0.3, 0.4) is 0 Å². The summed E-state index contributed by atoms with van der Waals surface area (Å²) in [7, 11) is 0. The molecule has 0 bridgehead atoms. The van der Waals surface area contributed by atoms with Gasteiger partial charge in [0.2, 0.25) is 0 Å². The maximum Gasteiger partial charge on any atom is 0.416 e. The Labute approximate surface area is 123 Å². The highest BCUT2D eigenvalue weighted by Crippen LogP contribution is 2.36. The van der Waals surface area contributed by atoms with Gasteiger partial charge < -0.3 is 10.5 Å². The van der Waals surface area contributed by atoms with Crippen molar-refractivity contribution in [1.82, 2.24) is 0 Å². The molecule has 0 aliphatic heterocycles. The second kappa shape index (κ2) is 5.91. The molecule has 2 aromatic carbocycles. The summed E-state index contributed by atoms with van der Waals surface area (Å²) in [6, 6.07) is 6.76. The van der Waals surface area contributed by atoms with Gasteiger partial charge in [-0.05, 0) is 35.9 Å². The number of rotatable bonds is 3. The van der Waals surface area contributed by atoms with E-state index in [1.165, 1.54) is 18.2 Å². The van der Waals surface area contributed by atoms with Gasteiger partial charge in [0.25, 0.3) is 0 Å². The summed E-state index contributed by atoms with van der Waals surface area (Å²) >= 11 is 5.76. The van der Waals surface area contributed by atoms with Gasteiger partial charge in [-0.15, -0.1) is 0 Å². The van der Waals surface area contributed by atoms with Gasteiger partial charge in [-0.25, -0.2) is 4.39 Å². The minimum atomic E-state index is -4.54. The van der Waals surface area contributed by atoms with Crippen molar-refractivity contribution in [2.75, 3.05) is 0 Å². The van der Waals surface area contributed by atoms with Crippen molar-refractivity contribution in [2.24, 2.45) is 5.73 Å². The molecular weight excluding hydrogens is 310 g/mol. The SMILES string of the molecule is NCc1ccc(Oc2ccc(F)cc2Cl)cc1C(F)(F)F. The fourth-order valence-electron chi connectivity index (χ4n) is 1.75. The fourth-order valence-corrected chi connectivity index (χ4v) is 1.95. The van der Waals surface area contributed by atoms with E-state index in [4.69, 9.17) is 22.1 Å². The lowest BCUT2D eigenvalue weighted by atomic mass is 10.1. The Balaban J connectivity index is 2.37. The zero-order valence-electron chi connectivity index (χ0n) is 10.5. The third-order valence-corrected chi connectivity index (χ3v) is 3.02. The van der Waals surface area contributed by atoms with Crippen molar-refractivity contribution in [3.8, 4) is 11.5 Å². The third kappa shape index (κ3) is 3.65. The first-order valence-electron chi connectivity index (χ1n) is 5.84. The van der Waals surface area contributed by atoms with E-state index in [0.717, 1.165) is 18.2 Å². The summed E-state index contributed by atoms with van der Waals surface area (Å²) in [6.45, 7) is -0.244. The lowest BCUT2D eigenvalue weighted by Crippen LogP contribution is -2.12. The molecule has 0 amide bonds. The predicted molar refractivity (Wildman–Crippen MR) is 70.8 cm³/mol. The van der Waals surface area contributed by atoms with Crippen LogP contribution in [0.15, 0.2) is 36.4 Å². The Morgan fingerprint density at radius 1 is 1.10 bits per heavy atom. The van der Waals surface area contributed by atoms with Crippen molar-refractivity contribution in [3.63, 3.8) is 0 Å². The first kappa shape index (κ1) is 15.6. The van der Waals surface area contributed by atoms with Crippen LogP contribution >= 0.6 is 11.6 Å². The maximum atomic E-state index is 12.9. The van der Waals surface area contributed by atoms with Crippen LogP contribution in [0.2, 0.25) is 5.02 Å². The molecule has 0 aromatic heterocycles. The monoisotopic (exact) mass is 319 g/mol. The number of benzene rings is 2. The standard InChI is InChI=1S/C14H10ClF4NO/c15-12-5-9(16)2-4-13(12)21-10-3-1-8(7-20)11(6-10)14(17,18)19/h1-6H,7,20H2. The first-order valence-corrected chi connectivity index (χ1v) is 6.22. The highest BCUT2D eigenvalue weighted by Gasteiger charge is 2.33. The molecule has 2 nitrogen and oxygen atoms in total. The Kier molecular flexibility index (Phi) is 4.39. The van der Waals surface area contributed by atoms with Crippen LogP contribution in [0, 0.1) is 5.82 Å². The molecule has 0 aliphatic rings. The first-order chi connectivity index (χ1) is 9.81. The highest BCUT2D eigenvalue weighted by atomic mass is 35.5. The summed E-state index contributed by atoms with van der Waals surface area (Å²) in [5, 5.41) is -0.0357. The summed E-state index contributed by atoms with van der Waals surface area (Å²) in [5.41, 5.74) is 4.37. The fraction of sp³-hybridized carbons (Fsp3) is 0.143. The van der Waals surface area contributed by atoms with Gasteiger partial charge in [0.05, 0.1) is 10.6 Å².